The van der Waals surface area contributed by atoms with Gasteiger partial charge >= 0.3 is 5.97 Å². The Morgan fingerprint density at radius 1 is 1.15 bits per heavy atom. The number of carbonyl (C=O) groups is 1. The van der Waals surface area contributed by atoms with Crippen molar-refractivity contribution < 1.29 is 9.90 Å². The average molecular weight is 186 g/mol. The molecule has 0 saturated carbocycles. The lowest BCUT2D eigenvalue weighted by Gasteiger charge is -2.21. The van der Waals surface area contributed by atoms with Crippen molar-refractivity contribution >= 4 is 5.97 Å². The number of aliphatic carboxylic acids is 1. The lowest BCUT2D eigenvalue weighted by Crippen LogP contribution is -2.22. The van der Waals surface area contributed by atoms with E-state index in [9.17, 15) is 4.79 Å². The molecule has 1 unspecified atom stereocenters. The van der Waals surface area contributed by atoms with Crippen LogP contribution in [0.2, 0.25) is 0 Å². The van der Waals surface area contributed by atoms with E-state index in [1.54, 1.807) is 0 Å². The first-order valence-corrected chi connectivity index (χ1v) is 5.40. The highest BCUT2D eigenvalue weighted by molar-refractivity contribution is 5.70. The molecule has 1 N–H and O–H groups in total. The van der Waals surface area contributed by atoms with Crippen molar-refractivity contribution in [2.75, 3.05) is 0 Å². The van der Waals surface area contributed by atoms with Crippen LogP contribution in [-0.2, 0) is 4.79 Å². The fraction of sp³-hybridized carbons (Fsp3) is 0.909. The van der Waals surface area contributed by atoms with Crippen molar-refractivity contribution in [3.05, 3.63) is 0 Å². The number of hydrogen-bond donors (Lipinski definition) is 1. The second-order valence-electron chi connectivity index (χ2n) is 3.69. The first-order chi connectivity index (χ1) is 6.17. The first-order valence-electron chi connectivity index (χ1n) is 5.40. The van der Waals surface area contributed by atoms with E-state index in [0.29, 0.717) is 5.92 Å². The minimum Gasteiger partial charge on any atom is -0.481 e. The van der Waals surface area contributed by atoms with Gasteiger partial charge in [-0.2, -0.15) is 0 Å². The molecular weight excluding hydrogens is 164 g/mol. The highest BCUT2D eigenvalue weighted by Crippen LogP contribution is 2.25. The molecule has 0 aromatic rings. The third-order valence-corrected chi connectivity index (χ3v) is 2.64. The molecule has 0 radical (unpaired) electrons. The van der Waals surface area contributed by atoms with E-state index in [1.165, 1.54) is 0 Å². The molecule has 0 aliphatic heterocycles. The van der Waals surface area contributed by atoms with Gasteiger partial charge in [0, 0.05) is 0 Å². The van der Waals surface area contributed by atoms with Crippen molar-refractivity contribution in [1.29, 1.82) is 0 Å². The molecule has 78 valence electrons. The Morgan fingerprint density at radius 3 is 1.85 bits per heavy atom. The van der Waals surface area contributed by atoms with Crippen LogP contribution in [0.3, 0.4) is 0 Å². The van der Waals surface area contributed by atoms with Gasteiger partial charge in [0.05, 0.1) is 5.92 Å². The second kappa shape index (κ2) is 6.93. The van der Waals surface area contributed by atoms with Gasteiger partial charge < -0.3 is 5.11 Å². The number of rotatable bonds is 7. The van der Waals surface area contributed by atoms with Crippen LogP contribution >= 0.6 is 0 Å². The van der Waals surface area contributed by atoms with Gasteiger partial charge in [-0.05, 0) is 25.2 Å². The molecule has 0 bridgehead atoms. The Balaban J connectivity index is 4.20. The van der Waals surface area contributed by atoms with Crippen LogP contribution in [0.25, 0.3) is 0 Å². The topological polar surface area (TPSA) is 37.3 Å². The summed E-state index contributed by atoms with van der Waals surface area (Å²) in [7, 11) is 0. The van der Waals surface area contributed by atoms with E-state index in [1.807, 2.05) is 6.92 Å². The number of carboxylic acid groups (broad SMARTS) is 1. The summed E-state index contributed by atoms with van der Waals surface area (Å²) >= 11 is 0. The Morgan fingerprint density at radius 2 is 1.62 bits per heavy atom. The number of hydrogen-bond acceptors (Lipinski definition) is 1. The quantitative estimate of drug-likeness (QED) is 0.662. The molecule has 13 heavy (non-hydrogen) atoms. The van der Waals surface area contributed by atoms with E-state index in [0.717, 1.165) is 32.1 Å². The maximum Gasteiger partial charge on any atom is 0.306 e. The fourth-order valence-corrected chi connectivity index (χ4v) is 2.00. The Hall–Kier alpha value is -0.530. The Kier molecular flexibility index (Phi) is 6.65. The molecule has 2 heteroatoms. The van der Waals surface area contributed by atoms with Crippen LogP contribution in [0, 0.1) is 11.8 Å². The molecule has 0 aliphatic rings. The largest absolute Gasteiger partial charge is 0.481 e. The molecule has 0 spiro atoms. The predicted octanol–water partition coefficient (Wildman–Crippen LogP) is 3.31. The summed E-state index contributed by atoms with van der Waals surface area (Å²) in [5.41, 5.74) is 0. The third kappa shape index (κ3) is 4.30. The summed E-state index contributed by atoms with van der Waals surface area (Å²) < 4.78 is 0. The minimum absolute atomic E-state index is 0.125. The summed E-state index contributed by atoms with van der Waals surface area (Å²) in [5.74, 6) is -0.355. The van der Waals surface area contributed by atoms with Gasteiger partial charge in [0.15, 0.2) is 0 Å². The van der Waals surface area contributed by atoms with Crippen LogP contribution in [0.1, 0.15) is 52.9 Å². The van der Waals surface area contributed by atoms with E-state index in [4.69, 9.17) is 5.11 Å². The normalized spacial score (nSPS) is 13.2. The van der Waals surface area contributed by atoms with Gasteiger partial charge in [0.25, 0.3) is 0 Å². The molecule has 1 atom stereocenters. The highest BCUT2D eigenvalue weighted by atomic mass is 16.4. The fourth-order valence-electron chi connectivity index (χ4n) is 2.00. The summed E-state index contributed by atoms with van der Waals surface area (Å²) in [6.07, 6.45) is 5.06. The molecule has 0 aromatic carbocycles. The van der Waals surface area contributed by atoms with Crippen molar-refractivity contribution in [3.8, 4) is 0 Å². The molecule has 0 aromatic heterocycles. The van der Waals surface area contributed by atoms with Crippen molar-refractivity contribution in [2.24, 2.45) is 11.8 Å². The van der Waals surface area contributed by atoms with Crippen LogP contribution in [0.5, 0.6) is 0 Å². The molecule has 0 aliphatic carbocycles. The molecule has 0 fully saturated rings. The Bertz CT molecular complexity index is 137. The molecule has 0 heterocycles. The van der Waals surface area contributed by atoms with Crippen LogP contribution in [0.15, 0.2) is 0 Å². The molecular formula is C11H22O2. The van der Waals surface area contributed by atoms with Crippen LogP contribution in [0.4, 0.5) is 0 Å². The summed E-state index contributed by atoms with van der Waals surface area (Å²) in [5, 5.41) is 9.00. The zero-order valence-electron chi connectivity index (χ0n) is 9.05. The van der Waals surface area contributed by atoms with Gasteiger partial charge in [-0.3, -0.25) is 4.79 Å². The smallest absolute Gasteiger partial charge is 0.306 e. The van der Waals surface area contributed by atoms with Gasteiger partial charge in [-0.1, -0.05) is 33.6 Å². The predicted molar refractivity (Wildman–Crippen MR) is 54.7 cm³/mol. The standard InChI is InChI=1S/C11H22O2/c1-4-7-9(8-5-2)10(6-3)11(12)13/h9-10H,4-8H2,1-3H3,(H,12,13). The Labute approximate surface area is 81.3 Å². The average Bonchev–Trinajstić information content (AvgIpc) is 2.05. The zero-order chi connectivity index (χ0) is 10.3. The molecule has 0 amide bonds. The minimum atomic E-state index is -0.616. The lowest BCUT2D eigenvalue weighted by atomic mass is 9.83. The highest BCUT2D eigenvalue weighted by Gasteiger charge is 2.24. The maximum absolute atomic E-state index is 10.9. The second-order valence-corrected chi connectivity index (χ2v) is 3.69. The van der Waals surface area contributed by atoms with Gasteiger partial charge in [-0.25, -0.2) is 0 Å². The van der Waals surface area contributed by atoms with E-state index in [2.05, 4.69) is 13.8 Å². The van der Waals surface area contributed by atoms with E-state index < -0.39 is 5.97 Å². The van der Waals surface area contributed by atoms with Crippen molar-refractivity contribution in [2.45, 2.75) is 52.9 Å². The zero-order valence-corrected chi connectivity index (χ0v) is 9.05. The van der Waals surface area contributed by atoms with Gasteiger partial charge in [0.1, 0.15) is 0 Å². The molecule has 2 nitrogen and oxygen atoms in total. The third-order valence-electron chi connectivity index (χ3n) is 2.64. The first kappa shape index (κ1) is 12.5. The lowest BCUT2D eigenvalue weighted by molar-refractivity contribution is -0.144. The van der Waals surface area contributed by atoms with Crippen molar-refractivity contribution in [1.82, 2.24) is 0 Å². The van der Waals surface area contributed by atoms with Crippen molar-refractivity contribution in [3.63, 3.8) is 0 Å². The summed E-state index contributed by atoms with van der Waals surface area (Å²) in [4.78, 5) is 10.9. The summed E-state index contributed by atoms with van der Waals surface area (Å²) in [6, 6.07) is 0. The molecule has 0 saturated heterocycles. The van der Waals surface area contributed by atoms with Gasteiger partial charge in [0.2, 0.25) is 0 Å². The van der Waals surface area contributed by atoms with E-state index in [-0.39, 0.29) is 5.92 Å². The van der Waals surface area contributed by atoms with Crippen LogP contribution < -0.4 is 0 Å². The van der Waals surface area contributed by atoms with Crippen LogP contribution in [-0.4, -0.2) is 11.1 Å². The number of carboxylic acids is 1. The SMILES string of the molecule is CCCC(CCC)C(CC)C(=O)O. The van der Waals surface area contributed by atoms with E-state index >= 15 is 0 Å². The van der Waals surface area contributed by atoms with Gasteiger partial charge in [-0.15, -0.1) is 0 Å². The molecule has 0 rings (SSSR count). The maximum atomic E-state index is 10.9. The monoisotopic (exact) mass is 186 g/mol. The summed E-state index contributed by atoms with van der Waals surface area (Å²) in [6.45, 7) is 6.21.